The number of benzene rings is 1. The molecular weight excluding hydrogens is 349 g/mol. The van der Waals surface area contributed by atoms with Crippen molar-refractivity contribution in [3.63, 3.8) is 0 Å². The molecule has 0 aliphatic carbocycles. The lowest BCUT2D eigenvalue weighted by molar-refractivity contribution is -0.129. The second-order valence-electron chi connectivity index (χ2n) is 6.42. The number of aryl methyl sites for hydroxylation is 1. The first-order valence-corrected chi connectivity index (χ1v) is 8.83. The molecule has 1 aliphatic rings. The molecular formula is C19H22FN5O2. The van der Waals surface area contributed by atoms with Crippen LogP contribution in [0, 0.1) is 12.7 Å². The molecule has 0 fully saturated rings. The van der Waals surface area contributed by atoms with Gasteiger partial charge in [-0.25, -0.2) is 14.4 Å². The van der Waals surface area contributed by atoms with Crippen molar-refractivity contribution in [2.45, 2.75) is 26.8 Å². The van der Waals surface area contributed by atoms with E-state index in [0.717, 1.165) is 17.1 Å². The quantitative estimate of drug-likeness (QED) is 0.781. The lowest BCUT2D eigenvalue weighted by atomic mass is 10.1. The summed E-state index contributed by atoms with van der Waals surface area (Å²) in [5.41, 5.74) is 2.29. The van der Waals surface area contributed by atoms with Crippen LogP contribution in [-0.4, -0.2) is 46.3 Å². The Labute approximate surface area is 157 Å². The summed E-state index contributed by atoms with van der Waals surface area (Å²) in [7, 11) is 0. The van der Waals surface area contributed by atoms with Gasteiger partial charge in [0.25, 0.3) is 5.91 Å². The van der Waals surface area contributed by atoms with Crippen LogP contribution in [0.3, 0.4) is 0 Å². The van der Waals surface area contributed by atoms with E-state index in [1.807, 2.05) is 6.92 Å². The number of halogens is 1. The van der Waals surface area contributed by atoms with Crippen LogP contribution in [0.4, 0.5) is 10.2 Å². The van der Waals surface area contributed by atoms with Crippen molar-refractivity contribution in [3.8, 4) is 0 Å². The van der Waals surface area contributed by atoms with Gasteiger partial charge in [0.05, 0.1) is 12.2 Å². The number of fused-ring (bicyclic) bond motifs is 1. The molecule has 0 unspecified atom stereocenters. The van der Waals surface area contributed by atoms with Crippen molar-refractivity contribution >= 4 is 17.6 Å². The average Bonchev–Trinajstić information content (AvgIpc) is 2.64. The molecule has 0 saturated carbocycles. The van der Waals surface area contributed by atoms with E-state index in [2.05, 4.69) is 20.6 Å². The van der Waals surface area contributed by atoms with Crippen molar-refractivity contribution in [1.29, 1.82) is 0 Å². The van der Waals surface area contributed by atoms with Crippen LogP contribution >= 0.6 is 0 Å². The predicted molar refractivity (Wildman–Crippen MR) is 98.8 cm³/mol. The number of amides is 2. The van der Waals surface area contributed by atoms with E-state index in [1.165, 1.54) is 24.3 Å². The van der Waals surface area contributed by atoms with E-state index >= 15 is 0 Å². The van der Waals surface area contributed by atoms with E-state index in [-0.39, 0.29) is 17.6 Å². The highest BCUT2D eigenvalue weighted by atomic mass is 19.1. The van der Waals surface area contributed by atoms with E-state index < -0.39 is 0 Å². The van der Waals surface area contributed by atoms with Gasteiger partial charge in [0.15, 0.2) is 0 Å². The molecule has 27 heavy (non-hydrogen) atoms. The van der Waals surface area contributed by atoms with Crippen molar-refractivity contribution in [1.82, 2.24) is 20.2 Å². The first-order valence-electron chi connectivity index (χ1n) is 8.83. The maximum Gasteiger partial charge on any atom is 0.251 e. The highest BCUT2D eigenvalue weighted by Crippen LogP contribution is 2.23. The maximum atomic E-state index is 12.9. The summed E-state index contributed by atoms with van der Waals surface area (Å²) in [6.07, 6.45) is 0.694. The molecule has 1 aliphatic heterocycles. The van der Waals surface area contributed by atoms with Gasteiger partial charge < -0.3 is 15.5 Å². The van der Waals surface area contributed by atoms with Crippen LogP contribution < -0.4 is 10.6 Å². The van der Waals surface area contributed by atoms with Gasteiger partial charge in [-0.05, 0) is 37.6 Å². The van der Waals surface area contributed by atoms with Gasteiger partial charge in [-0.2, -0.15) is 0 Å². The van der Waals surface area contributed by atoms with Gasteiger partial charge in [0.1, 0.15) is 17.5 Å². The van der Waals surface area contributed by atoms with Gasteiger partial charge in [-0.3, -0.25) is 9.59 Å². The molecule has 1 aromatic heterocycles. The normalized spacial score (nSPS) is 13.1. The summed E-state index contributed by atoms with van der Waals surface area (Å²) in [6.45, 7) is 5.39. The summed E-state index contributed by atoms with van der Waals surface area (Å²) < 4.78 is 12.9. The Hall–Kier alpha value is -3.03. The zero-order valence-electron chi connectivity index (χ0n) is 15.4. The molecule has 0 bridgehead atoms. The Morgan fingerprint density at radius 3 is 2.63 bits per heavy atom. The molecule has 7 nitrogen and oxygen atoms in total. The number of nitrogens with zero attached hydrogens (tertiary/aromatic N) is 3. The smallest absolute Gasteiger partial charge is 0.251 e. The van der Waals surface area contributed by atoms with E-state index in [1.54, 1.807) is 11.8 Å². The number of hydrogen-bond acceptors (Lipinski definition) is 5. The molecule has 0 saturated heterocycles. The largest absolute Gasteiger partial charge is 0.368 e. The van der Waals surface area contributed by atoms with Crippen LogP contribution in [-0.2, 0) is 17.8 Å². The first-order chi connectivity index (χ1) is 12.9. The average molecular weight is 371 g/mol. The molecule has 0 radical (unpaired) electrons. The third-order valence-electron chi connectivity index (χ3n) is 4.43. The van der Waals surface area contributed by atoms with E-state index in [9.17, 15) is 14.0 Å². The van der Waals surface area contributed by atoms with Gasteiger partial charge in [0, 0.05) is 37.7 Å². The third kappa shape index (κ3) is 4.58. The summed E-state index contributed by atoms with van der Waals surface area (Å²) >= 11 is 0. The number of anilines is 1. The Balaban J connectivity index is 1.58. The number of aromatic nitrogens is 2. The number of carbonyl (C=O) groups is 2. The van der Waals surface area contributed by atoms with Gasteiger partial charge in [0.2, 0.25) is 5.91 Å². The fourth-order valence-corrected chi connectivity index (χ4v) is 3.03. The van der Waals surface area contributed by atoms with Crippen LogP contribution in [0.5, 0.6) is 0 Å². The summed E-state index contributed by atoms with van der Waals surface area (Å²) in [5, 5.41) is 6.03. The van der Waals surface area contributed by atoms with Crippen LogP contribution in [0.15, 0.2) is 24.3 Å². The van der Waals surface area contributed by atoms with E-state index in [4.69, 9.17) is 0 Å². The standard InChI is InChI=1S/C19H22FN5O2/c1-12-23-17-11-25(13(2)26)10-7-16(17)18(24-12)21-8-9-22-19(27)14-3-5-15(20)6-4-14/h3-6H,7-11H2,1-2H3,(H,22,27)(H,21,23,24). The molecule has 142 valence electrons. The minimum Gasteiger partial charge on any atom is -0.368 e. The summed E-state index contributed by atoms with van der Waals surface area (Å²) in [5.74, 6) is 0.791. The van der Waals surface area contributed by atoms with Gasteiger partial charge in [-0.1, -0.05) is 0 Å². The Bertz CT molecular complexity index is 854. The van der Waals surface area contributed by atoms with E-state index in [0.29, 0.717) is 44.0 Å². The maximum absolute atomic E-state index is 12.9. The Morgan fingerprint density at radius 2 is 1.93 bits per heavy atom. The van der Waals surface area contributed by atoms with Crippen molar-refractivity contribution in [3.05, 3.63) is 52.7 Å². The van der Waals surface area contributed by atoms with Crippen LogP contribution in [0.2, 0.25) is 0 Å². The molecule has 0 spiro atoms. The molecule has 2 aromatic rings. The zero-order valence-corrected chi connectivity index (χ0v) is 15.4. The Morgan fingerprint density at radius 1 is 1.19 bits per heavy atom. The number of rotatable bonds is 5. The minimum absolute atomic E-state index is 0.0370. The Kier molecular flexibility index (Phi) is 5.63. The fraction of sp³-hybridized carbons (Fsp3) is 0.368. The molecule has 2 heterocycles. The van der Waals surface area contributed by atoms with Crippen molar-refractivity contribution in [2.75, 3.05) is 25.0 Å². The predicted octanol–water partition coefficient (Wildman–Crippen LogP) is 1.67. The number of carbonyl (C=O) groups excluding carboxylic acids is 2. The van der Waals surface area contributed by atoms with Crippen LogP contribution in [0.1, 0.15) is 34.4 Å². The molecule has 0 atom stereocenters. The highest BCUT2D eigenvalue weighted by molar-refractivity contribution is 5.94. The van der Waals surface area contributed by atoms with Gasteiger partial charge in [-0.15, -0.1) is 0 Å². The second-order valence-corrected chi connectivity index (χ2v) is 6.42. The van der Waals surface area contributed by atoms with Gasteiger partial charge >= 0.3 is 0 Å². The molecule has 2 N–H and O–H groups in total. The molecule has 8 heteroatoms. The monoisotopic (exact) mass is 371 g/mol. The van der Waals surface area contributed by atoms with Crippen molar-refractivity contribution in [2.24, 2.45) is 0 Å². The second kappa shape index (κ2) is 8.11. The molecule has 3 rings (SSSR count). The SMILES string of the molecule is CC(=O)N1CCc2c(nc(C)nc2NCCNC(=O)c2ccc(F)cc2)C1. The van der Waals surface area contributed by atoms with Crippen molar-refractivity contribution < 1.29 is 14.0 Å². The lowest BCUT2D eigenvalue weighted by Crippen LogP contribution is -2.36. The van der Waals surface area contributed by atoms with Crippen LogP contribution in [0.25, 0.3) is 0 Å². The number of hydrogen-bond donors (Lipinski definition) is 2. The topological polar surface area (TPSA) is 87.2 Å². The fourth-order valence-electron chi connectivity index (χ4n) is 3.03. The summed E-state index contributed by atoms with van der Waals surface area (Å²) in [4.78, 5) is 34.3. The number of nitrogens with one attached hydrogen (secondary N) is 2. The third-order valence-corrected chi connectivity index (χ3v) is 4.43. The highest BCUT2D eigenvalue weighted by Gasteiger charge is 2.23. The molecule has 2 amide bonds. The molecule has 1 aromatic carbocycles. The minimum atomic E-state index is -0.375. The summed E-state index contributed by atoms with van der Waals surface area (Å²) in [6, 6.07) is 5.41. The first kappa shape index (κ1) is 18.8. The zero-order chi connectivity index (χ0) is 19.4. The lowest BCUT2D eigenvalue weighted by Gasteiger charge is -2.28.